The van der Waals surface area contributed by atoms with Crippen molar-refractivity contribution in [2.75, 3.05) is 11.5 Å². The maximum atomic E-state index is 13.3. The molecule has 3 aliphatic heterocycles. The van der Waals surface area contributed by atoms with E-state index in [0.29, 0.717) is 21.9 Å². The van der Waals surface area contributed by atoms with Gasteiger partial charge in [-0.25, -0.2) is 22.2 Å². The van der Waals surface area contributed by atoms with Crippen LogP contribution in [0.2, 0.25) is 0 Å². The normalized spacial score (nSPS) is 24.6. The van der Waals surface area contributed by atoms with Gasteiger partial charge in [0.05, 0.1) is 16.5 Å². The van der Waals surface area contributed by atoms with Crippen LogP contribution in [0.25, 0.3) is 0 Å². The molecule has 0 saturated heterocycles. The van der Waals surface area contributed by atoms with E-state index in [1.807, 2.05) is 0 Å². The summed E-state index contributed by atoms with van der Waals surface area (Å²) in [6, 6.07) is 3.10. The molecule has 1 atom stereocenters. The van der Waals surface area contributed by atoms with Crippen LogP contribution in [0.3, 0.4) is 0 Å². The number of amides is 1. The number of carbonyl (C=O) groups excluding carboxylic acids is 1. The van der Waals surface area contributed by atoms with Crippen molar-refractivity contribution in [2.45, 2.75) is 12.8 Å². The van der Waals surface area contributed by atoms with Gasteiger partial charge in [0, 0.05) is 17.4 Å². The van der Waals surface area contributed by atoms with E-state index in [0.717, 1.165) is 11.6 Å². The minimum absolute atomic E-state index is 0.0279. The van der Waals surface area contributed by atoms with Gasteiger partial charge in [-0.2, -0.15) is 4.99 Å². The van der Waals surface area contributed by atoms with Crippen LogP contribution in [-0.4, -0.2) is 36.7 Å². The van der Waals surface area contributed by atoms with Gasteiger partial charge in [0.2, 0.25) is 0 Å². The van der Waals surface area contributed by atoms with Crippen LogP contribution < -0.4 is 0 Å². The second-order valence-electron chi connectivity index (χ2n) is 6.10. The van der Waals surface area contributed by atoms with Gasteiger partial charge in [0.15, 0.2) is 9.84 Å². The van der Waals surface area contributed by atoms with Gasteiger partial charge in [-0.05, 0) is 29.7 Å². The molecule has 0 aromatic heterocycles. The van der Waals surface area contributed by atoms with E-state index in [2.05, 4.69) is 9.98 Å². The largest absolute Gasteiger partial charge is 0.271 e. The standard InChI is InChI=1S/C16H12F2N2O3S2/c17-9-3-8(4-10(18)6-9)5-13-19-15(21)14-11-1-2-25(22,23)7-12(11)24-16(14)20-13/h3-4,6,14H,1-2,5,7H2. The second-order valence-corrected chi connectivity index (χ2v) is 9.40. The fraction of sp³-hybridized carbons (Fsp3) is 0.312. The fourth-order valence-electron chi connectivity index (χ4n) is 3.16. The molecule has 1 aromatic rings. The van der Waals surface area contributed by atoms with Gasteiger partial charge in [-0.3, -0.25) is 4.79 Å². The lowest BCUT2D eigenvalue weighted by Gasteiger charge is -2.18. The number of thioether (sulfide) groups is 1. The number of hydrogen-bond donors (Lipinski definition) is 0. The zero-order valence-corrected chi connectivity index (χ0v) is 14.5. The second kappa shape index (κ2) is 5.84. The molecule has 0 fully saturated rings. The van der Waals surface area contributed by atoms with Crippen LogP contribution in [0.4, 0.5) is 8.78 Å². The third-order valence-electron chi connectivity index (χ3n) is 4.22. The molecule has 3 aliphatic rings. The Morgan fingerprint density at radius 3 is 2.60 bits per heavy atom. The predicted molar refractivity (Wildman–Crippen MR) is 91.3 cm³/mol. The molecule has 0 aliphatic carbocycles. The summed E-state index contributed by atoms with van der Waals surface area (Å²) >= 11 is 1.21. The lowest BCUT2D eigenvalue weighted by atomic mass is 9.95. The Bertz CT molecular complexity index is 976. The average molecular weight is 382 g/mol. The van der Waals surface area contributed by atoms with Gasteiger partial charge in [0.1, 0.15) is 23.4 Å². The summed E-state index contributed by atoms with van der Waals surface area (Å²) in [6.45, 7) is 0. The van der Waals surface area contributed by atoms with Crippen molar-refractivity contribution in [1.82, 2.24) is 0 Å². The molecular formula is C16H12F2N2O3S2. The highest BCUT2D eigenvalue weighted by molar-refractivity contribution is 8.18. The van der Waals surface area contributed by atoms with E-state index in [4.69, 9.17) is 0 Å². The van der Waals surface area contributed by atoms with E-state index < -0.39 is 33.3 Å². The zero-order chi connectivity index (χ0) is 17.8. The van der Waals surface area contributed by atoms with Crippen LogP contribution in [0, 0.1) is 17.6 Å². The van der Waals surface area contributed by atoms with Gasteiger partial charge < -0.3 is 0 Å². The number of benzene rings is 1. The first-order chi connectivity index (χ1) is 11.8. The molecule has 1 amide bonds. The minimum Gasteiger partial charge on any atom is -0.271 e. The summed E-state index contributed by atoms with van der Waals surface area (Å²) in [5, 5.41) is 0.508. The van der Waals surface area contributed by atoms with Crippen LogP contribution >= 0.6 is 11.8 Å². The van der Waals surface area contributed by atoms with Crippen molar-refractivity contribution in [1.29, 1.82) is 0 Å². The molecule has 0 radical (unpaired) electrons. The first-order valence-corrected chi connectivity index (χ1v) is 10.2. The molecule has 1 aromatic carbocycles. The predicted octanol–water partition coefficient (Wildman–Crippen LogP) is 2.28. The molecule has 3 heterocycles. The smallest absolute Gasteiger partial charge is 0.261 e. The van der Waals surface area contributed by atoms with E-state index >= 15 is 0 Å². The molecule has 25 heavy (non-hydrogen) atoms. The molecule has 1 unspecified atom stereocenters. The maximum Gasteiger partial charge on any atom is 0.261 e. The highest BCUT2D eigenvalue weighted by atomic mass is 32.2. The van der Waals surface area contributed by atoms with Gasteiger partial charge in [0.25, 0.3) is 5.91 Å². The van der Waals surface area contributed by atoms with E-state index in [9.17, 15) is 22.0 Å². The van der Waals surface area contributed by atoms with E-state index in [-0.39, 0.29) is 23.8 Å². The van der Waals surface area contributed by atoms with Crippen molar-refractivity contribution in [3.05, 3.63) is 45.9 Å². The molecule has 0 saturated carbocycles. The average Bonchev–Trinajstić information content (AvgIpc) is 2.82. The Hall–Kier alpha value is -1.87. The summed E-state index contributed by atoms with van der Waals surface area (Å²) in [4.78, 5) is 21.4. The van der Waals surface area contributed by atoms with Crippen LogP contribution in [0.15, 0.2) is 38.7 Å². The number of rotatable bonds is 2. The molecular weight excluding hydrogens is 370 g/mol. The first-order valence-electron chi connectivity index (χ1n) is 7.56. The van der Waals surface area contributed by atoms with E-state index in [1.54, 1.807) is 0 Å². The van der Waals surface area contributed by atoms with Crippen molar-refractivity contribution in [3.63, 3.8) is 0 Å². The SMILES string of the molecule is O=C1N=C(Cc2cc(F)cc(F)c2)N=C2SC3=C(CCS(=O)(=O)C3)C12. The number of aliphatic imine (C=N–C) groups is 2. The summed E-state index contributed by atoms with van der Waals surface area (Å²) in [5.41, 5.74) is 1.12. The highest BCUT2D eigenvalue weighted by Crippen LogP contribution is 2.45. The minimum atomic E-state index is -3.13. The molecule has 4 rings (SSSR count). The van der Waals surface area contributed by atoms with Crippen molar-refractivity contribution >= 4 is 38.4 Å². The quantitative estimate of drug-likeness (QED) is 0.786. The first kappa shape index (κ1) is 16.6. The van der Waals surface area contributed by atoms with E-state index in [1.165, 1.54) is 23.9 Å². The maximum absolute atomic E-state index is 13.3. The van der Waals surface area contributed by atoms with Gasteiger partial charge >= 0.3 is 0 Å². The lowest BCUT2D eigenvalue weighted by Crippen LogP contribution is -2.28. The van der Waals surface area contributed by atoms with Crippen molar-refractivity contribution < 1.29 is 22.0 Å². The Balaban J connectivity index is 1.61. The van der Waals surface area contributed by atoms with Crippen LogP contribution in [0.5, 0.6) is 0 Å². The molecule has 5 nitrogen and oxygen atoms in total. The third-order valence-corrected chi connectivity index (χ3v) is 7.15. The summed E-state index contributed by atoms with van der Waals surface area (Å²) in [6.07, 6.45) is 0.347. The number of nitrogens with zero attached hydrogens (tertiary/aromatic N) is 2. The summed E-state index contributed by atoms with van der Waals surface area (Å²) < 4.78 is 50.2. The summed E-state index contributed by atoms with van der Waals surface area (Å²) in [7, 11) is -3.13. The lowest BCUT2D eigenvalue weighted by molar-refractivity contribution is -0.118. The molecule has 0 bridgehead atoms. The highest BCUT2D eigenvalue weighted by Gasteiger charge is 2.43. The number of carbonyl (C=O) groups is 1. The Labute approximate surface area is 146 Å². The Morgan fingerprint density at radius 1 is 1.16 bits per heavy atom. The summed E-state index contributed by atoms with van der Waals surface area (Å²) in [5.74, 6) is -2.27. The zero-order valence-electron chi connectivity index (χ0n) is 12.8. The van der Waals surface area contributed by atoms with Crippen LogP contribution in [-0.2, 0) is 21.1 Å². The fourth-order valence-corrected chi connectivity index (χ4v) is 6.31. The topological polar surface area (TPSA) is 75.9 Å². The number of sulfone groups is 1. The number of hydrogen-bond acceptors (Lipinski definition) is 5. The molecule has 9 heteroatoms. The molecule has 0 spiro atoms. The molecule has 0 N–H and O–H groups in total. The van der Waals surface area contributed by atoms with Crippen molar-refractivity contribution in [2.24, 2.45) is 15.9 Å². The Morgan fingerprint density at radius 2 is 1.88 bits per heavy atom. The van der Waals surface area contributed by atoms with Crippen molar-refractivity contribution in [3.8, 4) is 0 Å². The number of halogens is 2. The van der Waals surface area contributed by atoms with Gasteiger partial charge in [-0.15, -0.1) is 0 Å². The third kappa shape index (κ3) is 3.18. The Kier molecular flexibility index (Phi) is 3.88. The molecule has 130 valence electrons. The number of amidine groups is 1. The number of fused-ring (bicyclic) bond motifs is 2. The monoisotopic (exact) mass is 382 g/mol. The van der Waals surface area contributed by atoms with Gasteiger partial charge in [-0.1, -0.05) is 11.8 Å². The van der Waals surface area contributed by atoms with Crippen LogP contribution in [0.1, 0.15) is 12.0 Å².